The summed E-state index contributed by atoms with van der Waals surface area (Å²) < 4.78 is 5.76. The fourth-order valence-electron chi connectivity index (χ4n) is 2.20. The van der Waals surface area contributed by atoms with Gasteiger partial charge in [0.25, 0.3) is 0 Å². The van der Waals surface area contributed by atoms with Crippen LogP contribution in [0.4, 0.5) is 9.80 Å². The number of carbonyl (C=O) groups excluding carboxylic acids is 1. The second-order valence-corrected chi connectivity index (χ2v) is 7.38. The Kier molecular flexibility index (Phi) is 4.55. The predicted octanol–water partition coefficient (Wildman–Crippen LogP) is 3.25. The maximum absolute atomic E-state index is 11.9. The largest absolute Gasteiger partial charge is 0.370 e. The topological polar surface area (TPSA) is 74.2 Å². The van der Waals surface area contributed by atoms with Crippen LogP contribution in [0.3, 0.4) is 0 Å². The lowest BCUT2D eigenvalue weighted by Crippen LogP contribution is -2.32. The van der Waals surface area contributed by atoms with Gasteiger partial charge < -0.3 is 10.1 Å². The molecule has 0 atom stereocenters. The summed E-state index contributed by atoms with van der Waals surface area (Å²) in [5.41, 5.74) is 1.32. The summed E-state index contributed by atoms with van der Waals surface area (Å²) in [5.74, 6) is 0.386. The quantitative estimate of drug-likeness (QED) is 0.900. The Labute approximate surface area is 129 Å². The number of ether oxygens (including phenoxy) is 1. The minimum absolute atomic E-state index is 0.265. The van der Waals surface area contributed by atoms with Gasteiger partial charge in [0, 0.05) is 17.8 Å². The molecule has 0 aromatic carbocycles. The number of thiophene rings is 1. The average molecular weight is 307 g/mol. The van der Waals surface area contributed by atoms with Gasteiger partial charge in [0.2, 0.25) is 0 Å². The van der Waals surface area contributed by atoms with E-state index in [2.05, 4.69) is 16.7 Å². The number of rotatable bonds is 3. The number of hydrogen-bond donors (Lipinski definition) is 2. The van der Waals surface area contributed by atoms with Gasteiger partial charge in [-0.05, 0) is 25.3 Å². The van der Waals surface area contributed by atoms with Crippen molar-refractivity contribution < 1.29 is 9.53 Å². The molecule has 0 fully saturated rings. The molecule has 2 heterocycles. The number of anilines is 1. The standard InChI is InChI=1S/C15H21N3O2S/c1-9(2)7-17-14(19)18-13-11(6-16)10-5-15(3,4)20-8-12(10)21-13/h9H,5,7-8H2,1-4H3,(H2,17,18,19). The molecule has 0 saturated heterocycles. The average Bonchev–Trinajstić information content (AvgIpc) is 2.71. The van der Waals surface area contributed by atoms with Crippen molar-refractivity contribution in [3.8, 4) is 6.07 Å². The van der Waals surface area contributed by atoms with Crippen LogP contribution in [0.2, 0.25) is 0 Å². The highest BCUT2D eigenvalue weighted by molar-refractivity contribution is 7.16. The number of nitrogens with one attached hydrogen (secondary N) is 2. The van der Waals surface area contributed by atoms with E-state index in [0.717, 1.165) is 10.4 Å². The molecule has 1 aliphatic heterocycles. The SMILES string of the molecule is CC(C)CNC(=O)Nc1sc2c(c1C#N)CC(C)(C)OC2. The summed E-state index contributed by atoms with van der Waals surface area (Å²) in [6.45, 7) is 9.19. The van der Waals surface area contributed by atoms with Crippen LogP contribution >= 0.6 is 11.3 Å². The normalized spacial score (nSPS) is 16.2. The molecule has 1 aliphatic rings. The molecule has 0 bridgehead atoms. The number of amides is 2. The van der Waals surface area contributed by atoms with Crippen LogP contribution in [0.15, 0.2) is 0 Å². The summed E-state index contributed by atoms with van der Waals surface area (Å²) in [6, 6.07) is 1.96. The van der Waals surface area contributed by atoms with Gasteiger partial charge in [-0.3, -0.25) is 5.32 Å². The van der Waals surface area contributed by atoms with Gasteiger partial charge in [0.05, 0.1) is 17.8 Å². The molecule has 0 aliphatic carbocycles. The Balaban J connectivity index is 2.17. The van der Waals surface area contributed by atoms with Crippen molar-refractivity contribution in [1.82, 2.24) is 5.32 Å². The van der Waals surface area contributed by atoms with Crippen molar-refractivity contribution in [2.45, 2.75) is 46.3 Å². The van der Waals surface area contributed by atoms with Crippen molar-refractivity contribution in [2.75, 3.05) is 11.9 Å². The second kappa shape index (κ2) is 6.04. The number of urea groups is 1. The number of nitrogens with zero attached hydrogens (tertiary/aromatic N) is 1. The van der Waals surface area contributed by atoms with Crippen LogP contribution in [-0.4, -0.2) is 18.2 Å². The molecule has 114 valence electrons. The Morgan fingerprint density at radius 3 is 2.86 bits per heavy atom. The number of nitriles is 1. The van der Waals surface area contributed by atoms with Crippen molar-refractivity contribution in [2.24, 2.45) is 5.92 Å². The van der Waals surface area contributed by atoms with E-state index in [1.807, 2.05) is 27.7 Å². The van der Waals surface area contributed by atoms with Gasteiger partial charge in [-0.15, -0.1) is 11.3 Å². The first-order chi connectivity index (χ1) is 9.82. The number of hydrogen-bond acceptors (Lipinski definition) is 4. The Morgan fingerprint density at radius 1 is 1.52 bits per heavy atom. The van der Waals surface area contributed by atoms with Gasteiger partial charge in [-0.1, -0.05) is 13.8 Å². The molecule has 0 radical (unpaired) electrons. The zero-order chi connectivity index (χ0) is 15.6. The third kappa shape index (κ3) is 3.74. The fourth-order valence-corrected chi connectivity index (χ4v) is 3.28. The van der Waals surface area contributed by atoms with Crippen LogP contribution in [-0.2, 0) is 17.8 Å². The van der Waals surface area contributed by atoms with Crippen LogP contribution in [0.1, 0.15) is 43.7 Å². The van der Waals surface area contributed by atoms with E-state index < -0.39 is 0 Å². The first-order valence-corrected chi connectivity index (χ1v) is 7.87. The molecule has 2 rings (SSSR count). The molecular formula is C15H21N3O2S. The molecule has 6 heteroatoms. The lowest BCUT2D eigenvalue weighted by molar-refractivity contribution is -0.0383. The van der Waals surface area contributed by atoms with Crippen molar-refractivity contribution >= 4 is 22.4 Å². The second-order valence-electron chi connectivity index (χ2n) is 6.27. The summed E-state index contributed by atoms with van der Waals surface area (Å²) in [6.07, 6.45) is 0.691. The maximum atomic E-state index is 11.9. The minimum Gasteiger partial charge on any atom is -0.370 e. The highest BCUT2D eigenvalue weighted by Crippen LogP contribution is 2.39. The van der Waals surface area contributed by atoms with Crippen molar-refractivity contribution in [3.63, 3.8) is 0 Å². The first-order valence-electron chi connectivity index (χ1n) is 7.06. The molecule has 0 unspecified atom stereocenters. The van der Waals surface area contributed by atoms with Crippen LogP contribution < -0.4 is 10.6 Å². The van der Waals surface area contributed by atoms with Gasteiger partial charge in [-0.2, -0.15) is 5.26 Å². The zero-order valence-electron chi connectivity index (χ0n) is 12.9. The summed E-state index contributed by atoms with van der Waals surface area (Å²) >= 11 is 1.43. The van der Waals surface area contributed by atoms with Gasteiger partial charge in [-0.25, -0.2) is 4.79 Å². The van der Waals surface area contributed by atoms with E-state index in [4.69, 9.17) is 4.74 Å². The highest BCUT2D eigenvalue weighted by atomic mass is 32.1. The molecular weight excluding hydrogens is 286 g/mol. The third-order valence-electron chi connectivity index (χ3n) is 3.30. The lowest BCUT2D eigenvalue weighted by atomic mass is 9.93. The number of fused-ring (bicyclic) bond motifs is 1. The van der Waals surface area contributed by atoms with Crippen LogP contribution in [0, 0.1) is 17.2 Å². The predicted molar refractivity (Wildman–Crippen MR) is 83.5 cm³/mol. The summed E-state index contributed by atoms with van der Waals surface area (Å²) in [7, 11) is 0. The molecule has 1 aromatic heterocycles. The van der Waals surface area contributed by atoms with Gasteiger partial charge in [0.1, 0.15) is 11.1 Å². The van der Waals surface area contributed by atoms with E-state index in [-0.39, 0.29) is 11.6 Å². The molecule has 5 nitrogen and oxygen atoms in total. The van der Waals surface area contributed by atoms with Gasteiger partial charge in [0.15, 0.2) is 0 Å². The molecule has 21 heavy (non-hydrogen) atoms. The Morgan fingerprint density at radius 2 is 2.24 bits per heavy atom. The molecule has 0 saturated carbocycles. The van der Waals surface area contributed by atoms with E-state index in [9.17, 15) is 10.1 Å². The van der Waals surface area contributed by atoms with E-state index in [0.29, 0.717) is 36.1 Å². The molecule has 2 amide bonds. The molecule has 0 spiro atoms. The van der Waals surface area contributed by atoms with Crippen molar-refractivity contribution in [3.05, 3.63) is 16.0 Å². The van der Waals surface area contributed by atoms with E-state index in [1.54, 1.807) is 0 Å². The van der Waals surface area contributed by atoms with Crippen LogP contribution in [0.25, 0.3) is 0 Å². The molecule has 2 N–H and O–H groups in total. The third-order valence-corrected chi connectivity index (χ3v) is 4.42. The highest BCUT2D eigenvalue weighted by Gasteiger charge is 2.31. The van der Waals surface area contributed by atoms with E-state index >= 15 is 0 Å². The zero-order valence-corrected chi connectivity index (χ0v) is 13.7. The van der Waals surface area contributed by atoms with Crippen molar-refractivity contribution in [1.29, 1.82) is 5.26 Å². The van der Waals surface area contributed by atoms with Gasteiger partial charge >= 0.3 is 6.03 Å². The minimum atomic E-state index is -0.267. The smallest absolute Gasteiger partial charge is 0.319 e. The lowest BCUT2D eigenvalue weighted by Gasteiger charge is -2.29. The van der Waals surface area contributed by atoms with Crippen LogP contribution in [0.5, 0.6) is 0 Å². The summed E-state index contributed by atoms with van der Waals surface area (Å²) in [5, 5.41) is 15.6. The monoisotopic (exact) mass is 307 g/mol. The Bertz CT molecular complexity index is 584. The fraction of sp³-hybridized carbons (Fsp3) is 0.600. The molecule has 1 aromatic rings. The number of carbonyl (C=O) groups is 1. The first kappa shape index (κ1) is 15.8. The van der Waals surface area contributed by atoms with E-state index in [1.165, 1.54) is 11.3 Å². The maximum Gasteiger partial charge on any atom is 0.319 e. The Hall–Kier alpha value is -1.58. The summed E-state index contributed by atoms with van der Waals surface area (Å²) in [4.78, 5) is 12.9.